The smallest absolute Gasteiger partial charge is 0.0406 e. The van der Waals surface area contributed by atoms with E-state index < -0.39 is 0 Å². The summed E-state index contributed by atoms with van der Waals surface area (Å²) in [5.74, 6) is 0. The largest absolute Gasteiger partial charge is 0.316 e. The fourth-order valence-corrected chi connectivity index (χ4v) is 1.74. The predicted octanol–water partition coefficient (Wildman–Crippen LogP) is 2.86. The van der Waals surface area contributed by atoms with E-state index in [0.717, 1.165) is 31.1 Å². The van der Waals surface area contributed by atoms with Crippen molar-refractivity contribution in [3.05, 3.63) is 34.9 Å². The molecular weight excluding hydrogens is 232 g/mol. The minimum Gasteiger partial charge on any atom is -0.316 e. The molecule has 0 aliphatic carbocycles. The molecular formula is C14H23ClN2. The molecule has 17 heavy (non-hydrogen) atoms. The zero-order valence-corrected chi connectivity index (χ0v) is 11.6. The molecule has 0 heterocycles. The van der Waals surface area contributed by atoms with Crippen LogP contribution in [-0.2, 0) is 6.42 Å². The van der Waals surface area contributed by atoms with Crippen LogP contribution in [0, 0.1) is 0 Å². The Morgan fingerprint density at radius 2 is 1.76 bits per heavy atom. The van der Waals surface area contributed by atoms with Crippen LogP contribution in [0.25, 0.3) is 0 Å². The summed E-state index contributed by atoms with van der Waals surface area (Å²) in [5.41, 5.74) is 1.34. The second-order valence-corrected chi connectivity index (χ2v) is 5.03. The van der Waals surface area contributed by atoms with Gasteiger partial charge in [-0.15, -0.1) is 0 Å². The first-order valence-corrected chi connectivity index (χ1v) is 6.75. The number of benzene rings is 1. The molecule has 0 unspecified atom stereocenters. The molecule has 0 spiro atoms. The fourth-order valence-electron chi connectivity index (χ4n) is 1.61. The fraction of sp³-hybridized carbons (Fsp3) is 0.571. The monoisotopic (exact) mass is 254 g/mol. The summed E-state index contributed by atoms with van der Waals surface area (Å²) < 4.78 is 0. The Balaban J connectivity index is 1.99. The summed E-state index contributed by atoms with van der Waals surface area (Å²) in [5, 5.41) is 7.66. The molecule has 2 nitrogen and oxygen atoms in total. The standard InChI is InChI=1S/C14H23ClN2/c1-12(2)17-10-3-9-16-11-8-13-4-6-14(15)7-5-13/h4-7,12,16-17H,3,8-11H2,1-2H3. The van der Waals surface area contributed by atoms with Crippen LogP contribution in [-0.4, -0.2) is 25.7 Å². The highest BCUT2D eigenvalue weighted by Crippen LogP contribution is 2.09. The Hall–Kier alpha value is -0.570. The van der Waals surface area contributed by atoms with Crippen LogP contribution in [0.4, 0.5) is 0 Å². The van der Waals surface area contributed by atoms with E-state index >= 15 is 0 Å². The van der Waals surface area contributed by atoms with Crippen molar-refractivity contribution in [2.24, 2.45) is 0 Å². The lowest BCUT2D eigenvalue weighted by atomic mass is 10.1. The van der Waals surface area contributed by atoms with Gasteiger partial charge in [0.1, 0.15) is 0 Å². The van der Waals surface area contributed by atoms with Gasteiger partial charge in [-0.25, -0.2) is 0 Å². The van der Waals surface area contributed by atoms with Gasteiger partial charge in [-0.05, 0) is 50.2 Å². The minimum absolute atomic E-state index is 0.587. The van der Waals surface area contributed by atoms with E-state index in [9.17, 15) is 0 Å². The number of hydrogen-bond acceptors (Lipinski definition) is 2. The van der Waals surface area contributed by atoms with Crippen molar-refractivity contribution in [1.82, 2.24) is 10.6 Å². The van der Waals surface area contributed by atoms with Crippen molar-refractivity contribution in [3.8, 4) is 0 Å². The van der Waals surface area contributed by atoms with Gasteiger partial charge in [-0.1, -0.05) is 37.6 Å². The van der Waals surface area contributed by atoms with Crippen LogP contribution < -0.4 is 10.6 Å². The van der Waals surface area contributed by atoms with Gasteiger partial charge in [0.05, 0.1) is 0 Å². The second-order valence-electron chi connectivity index (χ2n) is 4.59. The molecule has 0 atom stereocenters. The van der Waals surface area contributed by atoms with Crippen LogP contribution in [0.3, 0.4) is 0 Å². The van der Waals surface area contributed by atoms with Crippen LogP contribution in [0.5, 0.6) is 0 Å². The molecule has 0 radical (unpaired) electrons. The van der Waals surface area contributed by atoms with Gasteiger partial charge < -0.3 is 10.6 Å². The molecule has 96 valence electrons. The highest BCUT2D eigenvalue weighted by Gasteiger charge is 1.94. The molecule has 1 aromatic rings. The van der Waals surface area contributed by atoms with E-state index in [2.05, 4.69) is 36.6 Å². The highest BCUT2D eigenvalue weighted by molar-refractivity contribution is 6.30. The molecule has 0 fully saturated rings. The third kappa shape index (κ3) is 7.37. The maximum atomic E-state index is 5.83. The number of nitrogens with one attached hydrogen (secondary N) is 2. The van der Waals surface area contributed by atoms with Crippen molar-refractivity contribution in [2.75, 3.05) is 19.6 Å². The molecule has 3 heteroatoms. The lowest BCUT2D eigenvalue weighted by Crippen LogP contribution is -2.27. The van der Waals surface area contributed by atoms with E-state index in [0.29, 0.717) is 6.04 Å². The maximum absolute atomic E-state index is 5.83. The van der Waals surface area contributed by atoms with Gasteiger partial charge in [-0.3, -0.25) is 0 Å². The third-order valence-corrected chi connectivity index (χ3v) is 2.84. The van der Waals surface area contributed by atoms with Gasteiger partial charge in [0.2, 0.25) is 0 Å². The number of halogens is 1. The van der Waals surface area contributed by atoms with Crippen molar-refractivity contribution >= 4 is 11.6 Å². The van der Waals surface area contributed by atoms with Crippen LogP contribution >= 0.6 is 11.6 Å². The van der Waals surface area contributed by atoms with Gasteiger partial charge in [-0.2, -0.15) is 0 Å². The van der Waals surface area contributed by atoms with Gasteiger partial charge >= 0.3 is 0 Å². The number of rotatable bonds is 8. The highest BCUT2D eigenvalue weighted by atomic mass is 35.5. The van der Waals surface area contributed by atoms with Gasteiger partial charge in [0, 0.05) is 11.1 Å². The predicted molar refractivity (Wildman–Crippen MR) is 75.8 cm³/mol. The molecule has 1 aromatic carbocycles. The molecule has 2 N–H and O–H groups in total. The zero-order chi connectivity index (χ0) is 12.5. The quantitative estimate of drug-likeness (QED) is 0.697. The minimum atomic E-state index is 0.587. The third-order valence-electron chi connectivity index (χ3n) is 2.59. The van der Waals surface area contributed by atoms with Crippen LogP contribution in [0.15, 0.2) is 24.3 Å². The second kappa shape index (κ2) is 8.51. The van der Waals surface area contributed by atoms with Gasteiger partial charge in [0.25, 0.3) is 0 Å². The average Bonchev–Trinajstić information content (AvgIpc) is 2.30. The Morgan fingerprint density at radius 3 is 2.41 bits per heavy atom. The van der Waals surface area contributed by atoms with E-state index in [1.54, 1.807) is 0 Å². The van der Waals surface area contributed by atoms with Crippen LogP contribution in [0.2, 0.25) is 5.02 Å². The first-order valence-electron chi connectivity index (χ1n) is 6.37. The van der Waals surface area contributed by atoms with E-state index in [1.807, 2.05) is 12.1 Å². The Kier molecular flexibility index (Phi) is 7.25. The number of hydrogen-bond donors (Lipinski definition) is 2. The SMILES string of the molecule is CC(C)NCCCNCCc1ccc(Cl)cc1. The van der Waals surface area contributed by atoms with Gasteiger partial charge in [0.15, 0.2) is 0 Å². The summed E-state index contributed by atoms with van der Waals surface area (Å²) >= 11 is 5.83. The lowest BCUT2D eigenvalue weighted by molar-refractivity contribution is 0.548. The van der Waals surface area contributed by atoms with E-state index in [1.165, 1.54) is 12.0 Å². The molecule has 0 saturated carbocycles. The molecule has 0 saturated heterocycles. The zero-order valence-electron chi connectivity index (χ0n) is 10.8. The topological polar surface area (TPSA) is 24.1 Å². The molecule has 1 rings (SSSR count). The van der Waals surface area contributed by atoms with E-state index in [-0.39, 0.29) is 0 Å². The lowest BCUT2D eigenvalue weighted by Gasteiger charge is -2.08. The average molecular weight is 255 g/mol. The van der Waals surface area contributed by atoms with Crippen molar-refractivity contribution in [1.29, 1.82) is 0 Å². The first-order chi connectivity index (χ1) is 8.18. The molecule has 0 aromatic heterocycles. The van der Waals surface area contributed by atoms with E-state index in [4.69, 9.17) is 11.6 Å². The Bertz CT molecular complexity index is 296. The normalized spacial score (nSPS) is 11.1. The molecule has 0 bridgehead atoms. The molecule has 0 amide bonds. The summed E-state index contributed by atoms with van der Waals surface area (Å²) in [7, 11) is 0. The maximum Gasteiger partial charge on any atom is 0.0406 e. The van der Waals surface area contributed by atoms with Crippen molar-refractivity contribution < 1.29 is 0 Å². The summed E-state index contributed by atoms with van der Waals surface area (Å²) in [6.45, 7) is 7.55. The summed E-state index contributed by atoms with van der Waals surface area (Å²) in [4.78, 5) is 0. The Morgan fingerprint density at radius 1 is 1.06 bits per heavy atom. The Labute approximate surface area is 110 Å². The van der Waals surface area contributed by atoms with Crippen molar-refractivity contribution in [2.45, 2.75) is 32.7 Å². The summed E-state index contributed by atoms with van der Waals surface area (Å²) in [6, 6.07) is 8.66. The molecule has 0 aliphatic heterocycles. The molecule has 0 aliphatic rings. The summed E-state index contributed by atoms with van der Waals surface area (Å²) in [6.07, 6.45) is 2.24. The van der Waals surface area contributed by atoms with Crippen molar-refractivity contribution in [3.63, 3.8) is 0 Å². The first kappa shape index (κ1) is 14.5. The van der Waals surface area contributed by atoms with Crippen LogP contribution in [0.1, 0.15) is 25.8 Å².